The van der Waals surface area contributed by atoms with Gasteiger partial charge in [0.05, 0.1) is 0 Å². The summed E-state index contributed by atoms with van der Waals surface area (Å²) in [5, 5.41) is 0. The Morgan fingerprint density at radius 2 is 1.83 bits per heavy atom. The van der Waals surface area contributed by atoms with Gasteiger partial charge >= 0.3 is 0 Å². The van der Waals surface area contributed by atoms with Gasteiger partial charge in [0.15, 0.2) is 5.76 Å². The second-order valence-electron chi connectivity index (χ2n) is 2.12. The summed E-state index contributed by atoms with van der Waals surface area (Å²) in [6.45, 7) is 5.20. The maximum Gasteiger partial charge on any atom is 0.156 e. The van der Waals surface area contributed by atoms with Crippen LogP contribution in [0.5, 0.6) is 0 Å². The van der Waals surface area contributed by atoms with Crippen LogP contribution in [-0.2, 0) is 9.47 Å². The summed E-state index contributed by atoms with van der Waals surface area (Å²) in [5.41, 5.74) is 0. The summed E-state index contributed by atoms with van der Waals surface area (Å²) in [5.74, 6) is 1.73. The van der Waals surface area contributed by atoms with E-state index in [0.29, 0.717) is 13.2 Å². The summed E-state index contributed by atoms with van der Waals surface area (Å²) in [6.07, 6.45) is 11.8. The molecule has 0 aromatic rings. The average Bonchev–Trinajstić information content (AvgIpc) is 2.13. The highest BCUT2D eigenvalue weighted by Crippen LogP contribution is 2.13. The van der Waals surface area contributed by atoms with E-state index in [1.54, 1.807) is 0 Å². The van der Waals surface area contributed by atoms with Gasteiger partial charge in [0.1, 0.15) is 19.0 Å². The van der Waals surface area contributed by atoms with Gasteiger partial charge in [-0.2, -0.15) is 0 Å². The van der Waals surface area contributed by atoms with Crippen LogP contribution in [0.1, 0.15) is 13.8 Å². The smallest absolute Gasteiger partial charge is 0.156 e. The third kappa shape index (κ3) is 3.16. The lowest BCUT2D eigenvalue weighted by molar-refractivity contribution is 0.0708. The summed E-state index contributed by atoms with van der Waals surface area (Å²) in [4.78, 5) is 0. The lowest BCUT2D eigenvalue weighted by atomic mass is 10.3. The molecule has 66 valence electrons. The monoisotopic (exact) mass is 166 g/mol. The van der Waals surface area contributed by atoms with Gasteiger partial charge < -0.3 is 9.47 Å². The SMILES string of the molecule is C#C.C/C=C\C1=C(C)OCCO1. The Balaban J connectivity index is 0.000000561. The zero-order valence-electron chi connectivity index (χ0n) is 7.54. The number of hydrogen-bond acceptors (Lipinski definition) is 2. The quantitative estimate of drug-likeness (QED) is 0.555. The lowest BCUT2D eigenvalue weighted by Crippen LogP contribution is -2.10. The second-order valence-corrected chi connectivity index (χ2v) is 2.12. The number of ether oxygens (including phenoxy) is 2. The Morgan fingerprint density at radius 1 is 1.25 bits per heavy atom. The van der Waals surface area contributed by atoms with Gasteiger partial charge in [-0.25, -0.2) is 0 Å². The molecule has 0 N–H and O–H groups in total. The molecule has 0 saturated carbocycles. The minimum atomic E-state index is 0.664. The molecule has 0 aromatic heterocycles. The predicted octanol–water partition coefficient (Wildman–Crippen LogP) is 2.09. The highest BCUT2D eigenvalue weighted by Gasteiger charge is 2.06. The van der Waals surface area contributed by atoms with Crippen LogP contribution in [0.25, 0.3) is 0 Å². The predicted molar refractivity (Wildman–Crippen MR) is 49.3 cm³/mol. The number of hydrogen-bond donors (Lipinski definition) is 0. The molecule has 0 unspecified atom stereocenters. The molecule has 0 amide bonds. The molecule has 0 aliphatic carbocycles. The third-order valence-electron chi connectivity index (χ3n) is 1.32. The van der Waals surface area contributed by atoms with E-state index < -0.39 is 0 Å². The van der Waals surface area contributed by atoms with Crippen molar-refractivity contribution in [3.63, 3.8) is 0 Å². The van der Waals surface area contributed by atoms with Crippen LogP contribution in [0, 0.1) is 12.8 Å². The van der Waals surface area contributed by atoms with E-state index >= 15 is 0 Å². The zero-order chi connectivity index (χ0) is 9.40. The molecule has 0 saturated heterocycles. The van der Waals surface area contributed by atoms with Crippen molar-refractivity contribution in [3.05, 3.63) is 23.7 Å². The molecule has 0 radical (unpaired) electrons. The molecule has 0 aromatic carbocycles. The van der Waals surface area contributed by atoms with Crippen molar-refractivity contribution in [2.45, 2.75) is 13.8 Å². The van der Waals surface area contributed by atoms with Crippen LogP contribution in [0.4, 0.5) is 0 Å². The van der Waals surface area contributed by atoms with Crippen molar-refractivity contribution in [2.75, 3.05) is 13.2 Å². The first kappa shape index (κ1) is 10.6. The molecular weight excluding hydrogens is 152 g/mol. The highest BCUT2D eigenvalue weighted by atomic mass is 16.6. The largest absolute Gasteiger partial charge is 0.491 e. The lowest BCUT2D eigenvalue weighted by Gasteiger charge is -2.17. The van der Waals surface area contributed by atoms with Gasteiger partial charge in [-0.15, -0.1) is 12.8 Å². The Bertz CT molecular complexity index is 199. The number of terminal acetylenes is 1. The standard InChI is InChI=1S/C8H12O2.C2H2/c1-3-4-8-7(2)9-5-6-10-8;1-2/h3-4H,5-6H2,1-2H3;1-2H/b4-3-;. The van der Waals surface area contributed by atoms with E-state index in [9.17, 15) is 0 Å². The molecule has 2 heteroatoms. The van der Waals surface area contributed by atoms with Crippen LogP contribution in [0.2, 0.25) is 0 Å². The molecule has 0 atom stereocenters. The van der Waals surface area contributed by atoms with Crippen LogP contribution in [0.15, 0.2) is 23.7 Å². The Labute approximate surface area is 73.9 Å². The van der Waals surface area contributed by atoms with E-state index in [0.717, 1.165) is 11.5 Å². The third-order valence-corrected chi connectivity index (χ3v) is 1.32. The van der Waals surface area contributed by atoms with Crippen LogP contribution >= 0.6 is 0 Å². The van der Waals surface area contributed by atoms with Crippen LogP contribution in [0.3, 0.4) is 0 Å². The fourth-order valence-electron chi connectivity index (χ4n) is 0.836. The molecule has 1 rings (SSSR count). The fraction of sp³-hybridized carbons (Fsp3) is 0.400. The molecule has 12 heavy (non-hydrogen) atoms. The summed E-state index contributed by atoms with van der Waals surface area (Å²) >= 11 is 0. The van der Waals surface area contributed by atoms with Gasteiger partial charge in [-0.1, -0.05) is 6.08 Å². The van der Waals surface area contributed by atoms with Crippen LogP contribution < -0.4 is 0 Å². The molecule has 1 heterocycles. The van der Waals surface area contributed by atoms with Gasteiger partial charge in [0, 0.05) is 0 Å². The van der Waals surface area contributed by atoms with Crippen molar-refractivity contribution in [1.82, 2.24) is 0 Å². The Morgan fingerprint density at radius 3 is 2.33 bits per heavy atom. The van der Waals surface area contributed by atoms with E-state index in [1.807, 2.05) is 26.0 Å². The van der Waals surface area contributed by atoms with Gasteiger partial charge in [-0.05, 0) is 19.9 Å². The minimum Gasteiger partial charge on any atom is -0.491 e. The van der Waals surface area contributed by atoms with Crippen molar-refractivity contribution >= 4 is 0 Å². The molecule has 0 spiro atoms. The fourth-order valence-corrected chi connectivity index (χ4v) is 0.836. The summed E-state index contributed by atoms with van der Waals surface area (Å²) in [7, 11) is 0. The van der Waals surface area contributed by atoms with Crippen molar-refractivity contribution < 1.29 is 9.47 Å². The second kappa shape index (κ2) is 6.36. The topological polar surface area (TPSA) is 18.5 Å². The van der Waals surface area contributed by atoms with E-state index in [2.05, 4.69) is 12.8 Å². The maximum absolute atomic E-state index is 5.30. The van der Waals surface area contributed by atoms with Crippen molar-refractivity contribution in [3.8, 4) is 12.8 Å². The molecular formula is C10H14O2. The molecule has 1 aliphatic rings. The summed E-state index contributed by atoms with van der Waals surface area (Å²) < 4.78 is 10.5. The first-order chi connectivity index (χ1) is 5.84. The minimum absolute atomic E-state index is 0.664. The average molecular weight is 166 g/mol. The zero-order valence-corrected chi connectivity index (χ0v) is 7.54. The number of allylic oxidation sites excluding steroid dienone is 3. The van der Waals surface area contributed by atoms with Crippen LogP contribution in [-0.4, -0.2) is 13.2 Å². The number of rotatable bonds is 1. The van der Waals surface area contributed by atoms with E-state index in [4.69, 9.17) is 9.47 Å². The first-order valence-electron chi connectivity index (χ1n) is 3.77. The van der Waals surface area contributed by atoms with Crippen molar-refractivity contribution in [1.29, 1.82) is 0 Å². The van der Waals surface area contributed by atoms with Gasteiger partial charge in [-0.3, -0.25) is 0 Å². The summed E-state index contributed by atoms with van der Waals surface area (Å²) in [6, 6.07) is 0. The Kier molecular flexibility index (Phi) is 5.64. The van der Waals surface area contributed by atoms with Gasteiger partial charge in [0.2, 0.25) is 0 Å². The van der Waals surface area contributed by atoms with Gasteiger partial charge in [0.25, 0.3) is 0 Å². The highest BCUT2D eigenvalue weighted by molar-refractivity contribution is 5.15. The molecule has 1 aliphatic heterocycles. The normalized spacial score (nSPS) is 16.0. The van der Waals surface area contributed by atoms with E-state index in [1.165, 1.54) is 0 Å². The van der Waals surface area contributed by atoms with E-state index in [-0.39, 0.29) is 0 Å². The molecule has 0 bridgehead atoms. The molecule has 2 nitrogen and oxygen atoms in total. The van der Waals surface area contributed by atoms with Crippen molar-refractivity contribution in [2.24, 2.45) is 0 Å². The first-order valence-corrected chi connectivity index (χ1v) is 3.77. The maximum atomic E-state index is 5.30. The molecule has 0 fully saturated rings. The Hall–Kier alpha value is -1.36.